The smallest absolute Gasteiger partial charge is 0.346 e. The molecule has 2 rings (SSSR count). The van der Waals surface area contributed by atoms with Crippen molar-refractivity contribution < 1.29 is 79.7 Å². The van der Waals surface area contributed by atoms with Crippen molar-refractivity contribution >= 4 is 68.9 Å². The minimum absolute atomic E-state index is 0.361. The van der Waals surface area contributed by atoms with Crippen LogP contribution in [0.4, 0.5) is 0 Å². The minimum Gasteiger partial charge on any atom is -0.478 e. The topological polar surface area (TPSA) is 313 Å². The number of ether oxygens (including phenoxy) is 2. The van der Waals surface area contributed by atoms with Gasteiger partial charge in [-0.1, -0.05) is 34.4 Å². The molecule has 12 atom stereocenters. The summed E-state index contributed by atoms with van der Waals surface area (Å²) in [5.74, 6) is -1.46. The number of amides is 2. The van der Waals surface area contributed by atoms with Crippen LogP contribution in [0, 0.1) is 0 Å². The molecule has 18 nitrogen and oxygen atoms in total. The third kappa shape index (κ3) is 14.4. The van der Waals surface area contributed by atoms with Crippen LogP contribution in [0.25, 0.3) is 0 Å². The van der Waals surface area contributed by atoms with Crippen molar-refractivity contribution in [3.63, 3.8) is 0 Å². The van der Waals surface area contributed by atoms with Gasteiger partial charge in [-0.15, -0.1) is 23.5 Å². The zero-order chi connectivity index (χ0) is 40.6. The molecule has 0 radical (unpaired) electrons. The van der Waals surface area contributed by atoms with Gasteiger partial charge in [-0.3, -0.25) is 9.59 Å². The summed E-state index contributed by atoms with van der Waals surface area (Å²) < 4.78 is 11.6. The maximum absolute atomic E-state index is 12.3. The van der Waals surface area contributed by atoms with Crippen LogP contribution in [0.2, 0.25) is 0 Å². The Morgan fingerprint density at radius 2 is 0.963 bits per heavy atom. The van der Waals surface area contributed by atoms with Gasteiger partial charge in [-0.05, 0) is 37.2 Å². The lowest BCUT2D eigenvalue weighted by Gasteiger charge is -2.46. The molecule has 54 heavy (non-hydrogen) atoms. The highest BCUT2D eigenvalue weighted by Gasteiger charge is 2.56. The fourth-order valence-electron chi connectivity index (χ4n) is 6.03. The van der Waals surface area contributed by atoms with Crippen molar-refractivity contribution in [2.24, 2.45) is 0 Å². The van der Waals surface area contributed by atoms with E-state index in [9.17, 15) is 70.2 Å². The SMILES string of the molecule is CC(=O)N[C@@H]1[C@@H]([C@H](O)[C@H](O)CO)O[C@](SCCCCCSSCCCCCS[C@@]2(C(=O)O)C[C@@H](O)[C@H](NC(C)=O)[C@@H]([C@H](O)[C@H](O)CO)O2)(C(=O)O)C[C@H]1O. The first-order chi connectivity index (χ1) is 25.4. The van der Waals surface area contributed by atoms with Gasteiger partial charge in [0.15, 0.2) is 0 Å². The molecule has 314 valence electrons. The van der Waals surface area contributed by atoms with Gasteiger partial charge in [0.25, 0.3) is 0 Å². The van der Waals surface area contributed by atoms with Crippen molar-refractivity contribution in [3.8, 4) is 0 Å². The number of carboxylic acids is 2. The van der Waals surface area contributed by atoms with E-state index in [1.54, 1.807) is 21.6 Å². The molecule has 0 aromatic rings. The zero-order valence-corrected chi connectivity index (χ0v) is 33.5. The summed E-state index contributed by atoms with van der Waals surface area (Å²) in [4.78, 5) is 44.1. The van der Waals surface area contributed by atoms with E-state index in [0.717, 1.165) is 60.7 Å². The van der Waals surface area contributed by atoms with Crippen LogP contribution < -0.4 is 10.6 Å². The molecule has 2 saturated heterocycles. The molecule has 2 heterocycles. The summed E-state index contributed by atoms with van der Waals surface area (Å²) in [6.45, 7) is 0.670. The highest BCUT2D eigenvalue weighted by atomic mass is 33.1. The van der Waals surface area contributed by atoms with Crippen LogP contribution in [-0.2, 0) is 28.7 Å². The van der Waals surface area contributed by atoms with Crippen molar-refractivity contribution in [3.05, 3.63) is 0 Å². The molecular formula is C32H56N2O16S4. The van der Waals surface area contributed by atoms with E-state index in [2.05, 4.69) is 10.6 Å². The summed E-state index contributed by atoms with van der Waals surface area (Å²) in [6, 6.07) is -2.41. The standard InChI is InChI=1S/C32H56N2O16S4/c1-17(37)33-23-19(39)13-31(29(45)46,49-27(23)25(43)21(41)15-35)51-9-5-3-7-11-53-54-12-8-4-6-10-52-32(30(47)48)14-20(40)24(34-18(2)38)28(50-32)26(44)22(42)16-36/h19-28,35-36,39-44H,3-16H2,1-2H3,(H,33,37)(H,34,38)(H,45,46)(H,47,48)/t19-,20-,21-,22-,23+,24+,25-,26-,27+,28+,31-,32-/m1/s1. The van der Waals surface area contributed by atoms with Crippen LogP contribution in [0.3, 0.4) is 0 Å². The van der Waals surface area contributed by atoms with E-state index in [0.29, 0.717) is 24.3 Å². The van der Waals surface area contributed by atoms with Crippen LogP contribution in [-0.4, -0.2) is 182 Å². The van der Waals surface area contributed by atoms with Gasteiger partial charge >= 0.3 is 11.9 Å². The Morgan fingerprint density at radius 3 is 1.26 bits per heavy atom. The Hall–Kier alpha value is -1.12. The highest BCUT2D eigenvalue weighted by Crippen LogP contribution is 2.42. The molecule has 0 saturated carbocycles. The van der Waals surface area contributed by atoms with Crippen molar-refractivity contribution in [1.29, 1.82) is 0 Å². The predicted molar refractivity (Wildman–Crippen MR) is 203 cm³/mol. The minimum atomic E-state index is -1.94. The molecule has 2 aliphatic heterocycles. The summed E-state index contributed by atoms with van der Waals surface area (Å²) >= 11 is 1.91. The molecular weight excluding hydrogens is 797 g/mol. The fourth-order valence-corrected chi connectivity index (χ4v) is 10.9. The number of nitrogens with one attached hydrogen (secondary N) is 2. The third-order valence-corrected chi connectivity index (χ3v) is 14.2. The molecule has 0 spiro atoms. The molecule has 12 N–H and O–H groups in total. The number of unbranched alkanes of at least 4 members (excludes halogenated alkanes) is 4. The second-order valence-electron chi connectivity index (χ2n) is 13.2. The Bertz CT molecular complexity index is 1110. The first-order valence-electron chi connectivity index (χ1n) is 17.6. The maximum atomic E-state index is 12.3. The van der Waals surface area contributed by atoms with Gasteiger partial charge in [-0.25, -0.2) is 9.59 Å². The van der Waals surface area contributed by atoms with Gasteiger partial charge in [0.1, 0.15) is 36.6 Å². The number of thioether (sulfide) groups is 2. The number of rotatable bonds is 25. The van der Waals surface area contributed by atoms with E-state index < -0.39 is 108 Å². The summed E-state index contributed by atoms with van der Waals surface area (Å²) in [5, 5.41) is 106. The number of aliphatic hydroxyl groups is 8. The number of hydrogen-bond donors (Lipinski definition) is 12. The lowest BCUT2D eigenvalue weighted by molar-refractivity contribution is -0.205. The third-order valence-electron chi connectivity index (χ3n) is 8.87. The van der Waals surface area contributed by atoms with E-state index in [1.165, 1.54) is 13.8 Å². The van der Waals surface area contributed by atoms with Gasteiger partial charge in [-0.2, -0.15) is 0 Å². The lowest BCUT2D eigenvalue weighted by atomic mass is 9.90. The van der Waals surface area contributed by atoms with Gasteiger partial charge < -0.3 is 71.2 Å². The normalized spacial score (nSPS) is 30.9. The number of aliphatic hydroxyl groups excluding tert-OH is 8. The van der Waals surface area contributed by atoms with Gasteiger partial charge in [0.05, 0.1) is 37.5 Å². The molecule has 0 bridgehead atoms. The van der Waals surface area contributed by atoms with Crippen molar-refractivity contribution in [1.82, 2.24) is 10.6 Å². The first kappa shape index (κ1) is 49.0. The number of carbonyl (C=O) groups is 4. The average Bonchev–Trinajstić information content (AvgIpc) is 3.11. The average molecular weight is 853 g/mol. The molecule has 2 aliphatic rings. The van der Waals surface area contributed by atoms with Gasteiger partial charge in [0.2, 0.25) is 21.7 Å². The molecule has 0 aromatic carbocycles. The predicted octanol–water partition coefficient (Wildman–Crippen LogP) is -1.53. The van der Waals surface area contributed by atoms with Crippen LogP contribution in [0.1, 0.15) is 65.2 Å². The van der Waals surface area contributed by atoms with Crippen LogP contribution >= 0.6 is 45.1 Å². The van der Waals surface area contributed by atoms with Crippen molar-refractivity contribution in [2.45, 2.75) is 136 Å². The van der Waals surface area contributed by atoms with E-state index in [4.69, 9.17) is 9.47 Å². The number of hydrogen-bond acceptors (Lipinski definition) is 18. The Balaban J connectivity index is 1.72. The van der Waals surface area contributed by atoms with E-state index in [1.807, 2.05) is 0 Å². The molecule has 2 fully saturated rings. The molecule has 22 heteroatoms. The second kappa shape index (κ2) is 24.0. The van der Waals surface area contributed by atoms with Crippen molar-refractivity contribution in [2.75, 3.05) is 36.2 Å². The summed E-state index contributed by atoms with van der Waals surface area (Å²) in [7, 11) is 3.37. The van der Waals surface area contributed by atoms with Crippen LogP contribution in [0.15, 0.2) is 0 Å². The van der Waals surface area contributed by atoms with E-state index >= 15 is 0 Å². The molecule has 0 aliphatic carbocycles. The molecule has 0 aromatic heterocycles. The maximum Gasteiger partial charge on any atom is 0.346 e. The lowest BCUT2D eigenvalue weighted by Crippen LogP contribution is -2.66. The van der Waals surface area contributed by atoms with E-state index in [-0.39, 0.29) is 12.8 Å². The monoisotopic (exact) mass is 852 g/mol. The Labute approximate surface area is 330 Å². The first-order valence-corrected chi connectivity index (χ1v) is 22.1. The zero-order valence-electron chi connectivity index (χ0n) is 30.2. The molecule has 2 amide bonds. The highest BCUT2D eigenvalue weighted by molar-refractivity contribution is 8.76. The number of aliphatic carboxylic acids is 2. The Morgan fingerprint density at radius 1 is 0.630 bits per heavy atom. The second-order valence-corrected chi connectivity index (χ2v) is 18.6. The summed E-state index contributed by atoms with van der Waals surface area (Å²) in [6.07, 6.45) is -8.95. The molecule has 0 unspecified atom stereocenters. The summed E-state index contributed by atoms with van der Waals surface area (Å²) in [5.41, 5.74) is 0. The fraction of sp³-hybridized carbons (Fsp3) is 0.875. The van der Waals surface area contributed by atoms with Crippen LogP contribution in [0.5, 0.6) is 0 Å². The number of carbonyl (C=O) groups excluding carboxylic acids is 2. The number of carboxylic acid groups (broad SMARTS) is 2. The van der Waals surface area contributed by atoms with Gasteiger partial charge in [0, 0.05) is 38.2 Å². The largest absolute Gasteiger partial charge is 0.478 e. The quantitative estimate of drug-likeness (QED) is 0.0366. The Kier molecular flexibility index (Phi) is 21.7.